The molecule has 0 saturated carbocycles. The topological polar surface area (TPSA) is 12.0 Å². The molecule has 0 fully saturated rings. The molecule has 0 bridgehead atoms. The van der Waals surface area contributed by atoms with Crippen molar-refractivity contribution >= 4 is 11.3 Å². The molecule has 17 heavy (non-hydrogen) atoms. The van der Waals surface area contributed by atoms with Gasteiger partial charge in [-0.15, -0.1) is 11.3 Å². The molecule has 0 radical (unpaired) electrons. The van der Waals surface area contributed by atoms with Crippen LogP contribution < -0.4 is 5.32 Å². The van der Waals surface area contributed by atoms with Gasteiger partial charge >= 0.3 is 6.18 Å². The number of rotatable bonds is 5. The van der Waals surface area contributed by atoms with Crippen LogP contribution in [0.2, 0.25) is 0 Å². The van der Waals surface area contributed by atoms with Crippen molar-refractivity contribution in [1.82, 2.24) is 5.32 Å². The normalized spacial score (nSPS) is 14.0. The molecule has 0 aliphatic carbocycles. The molecular weight excluding hydrogens is 247 g/mol. The van der Waals surface area contributed by atoms with Gasteiger partial charge in [0.25, 0.3) is 0 Å². The summed E-state index contributed by atoms with van der Waals surface area (Å²) < 4.78 is 36.8. The third-order valence-electron chi connectivity index (χ3n) is 2.62. The van der Waals surface area contributed by atoms with Crippen molar-refractivity contribution in [2.45, 2.75) is 45.8 Å². The Morgan fingerprint density at radius 2 is 2.00 bits per heavy atom. The number of nitrogens with one attached hydrogen (secondary N) is 1. The van der Waals surface area contributed by atoms with Crippen LogP contribution in [0.4, 0.5) is 13.2 Å². The molecule has 1 atom stereocenters. The monoisotopic (exact) mass is 265 g/mol. The lowest BCUT2D eigenvalue weighted by Crippen LogP contribution is -2.23. The van der Waals surface area contributed by atoms with Gasteiger partial charge in [0.05, 0.1) is 0 Å². The molecule has 0 aromatic carbocycles. The Morgan fingerprint density at radius 1 is 1.35 bits per heavy atom. The zero-order chi connectivity index (χ0) is 13.1. The van der Waals surface area contributed by atoms with E-state index in [9.17, 15) is 13.2 Å². The SMILES string of the molecule is CCNC(CCC(F)(F)F)c1cc(C)sc1C. The third kappa shape index (κ3) is 4.68. The van der Waals surface area contributed by atoms with Crippen LogP contribution in [0.25, 0.3) is 0 Å². The number of hydrogen-bond donors (Lipinski definition) is 1. The van der Waals surface area contributed by atoms with Crippen molar-refractivity contribution in [2.24, 2.45) is 0 Å². The summed E-state index contributed by atoms with van der Waals surface area (Å²) >= 11 is 1.64. The van der Waals surface area contributed by atoms with Gasteiger partial charge in [0.15, 0.2) is 0 Å². The molecule has 1 nitrogen and oxygen atoms in total. The van der Waals surface area contributed by atoms with Crippen molar-refractivity contribution in [1.29, 1.82) is 0 Å². The minimum atomic E-state index is -4.08. The molecule has 0 amide bonds. The standard InChI is InChI=1S/C12H18F3NS/c1-4-16-11(5-6-12(13,14)15)10-7-8(2)17-9(10)3/h7,11,16H,4-6H2,1-3H3. The van der Waals surface area contributed by atoms with Crippen molar-refractivity contribution < 1.29 is 13.2 Å². The Kier molecular flexibility index (Phi) is 5.01. The Morgan fingerprint density at radius 3 is 2.41 bits per heavy atom. The van der Waals surface area contributed by atoms with E-state index >= 15 is 0 Å². The highest BCUT2D eigenvalue weighted by Crippen LogP contribution is 2.32. The first-order valence-electron chi connectivity index (χ1n) is 5.70. The Labute approximate surface area is 104 Å². The molecule has 1 rings (SSSR count). The van der Waals surface area contributed by atoms with Crippen LogP contribution in [-0.2, 0) is 0 Å². The number of alkyl halides is 3. The lowest BCUT2D eigenvalue weighted by molar-refractivity contribution is -0.136. The molecule has 1 aromatic heterocycles. The van der Waals surface area contributed by atoms with Crippen LogP contribution >= 0.6 is 11.3 Å². The van der Waals surface area contributed by atoms with E-state index in [1.54, 1.807) is 11.3 Å². The first kappa shape index (κ1) is 14.5. The van der Waals surface area contributed by atoms with Crippen molar-refractivity contribution in [3.63, 3.8) is 0 Å². The molecule has 0 aliphatic rings. The quantitative estimate of drug-likeness (QED) is 0.834. The molecule has 5 heteroatoms. The molecule has 98 valence electrons. The average Bonchev–Trinajstić information content (AvgIpc) is 2.51. The fourth-order valence-electron chi connectivity index (χ4n) is 1.92. The van der Waals surface area contributed by atoms with E-state index in [-0.39, 0.29) is 12.5 Å². The third-order valence-corrected chi connectivity index (χ3v) is 3.60. The Hall–Kier alpha value is -0.550. The summed E-state index contributed by atoms with van der Waals surface area (Å²) in [6, 6.07) is 1.80. The first-order chi connectivity index (χ1) is 7.83. The highest BCUT2D eigenvalue weighted by Gasteiger charge is 2.29. The lowest BCUT2D eigenvalue weighted by atomic mass is 10.0. The number of hydrogen-bond acceptors (Lipinski definition) is 2. The molecule has 0 aliphatic heterocycles. The minimum absolute atomic E-state index is 0.106. The van der Waals surface area contributed by atoms with Crippen molar-refractivity contribution in [2.75, 3.05) is 6.54 Å². The maximum Gasteiger partial charge on any atom is 0.389 e. The largest absolute Gasteiger partial charge is 0.389 e. The van der Waals surface area contributed by atoms with Crippen LogP contribution in [0.1, 0.15) is 41.1 Å². The summed E-state index contributed by atoms with van der Waals surface area (Å²) in [6.07, 6.45) is -4.71. The average molecular weight is 265 g/mol. The molecule has 1 unspecified atom stereocenters. The van der Waals surface area contributed by atoms with Crippen molar-refractivity contribution in [3.8, 4) is 0 Å². The van der Waals surface area contributed by atoms with Crippen LogP contribution in [-0.4, -0.2) is 12.7 Å². The minimum Gasteiger partial charge on any atom is -0.310 e. The van der Waals surface area contributed by atoms with Gasteiger partial charge in [0, 0.05) is 22.2 Å². The second-order valence-electron chi connectivity index (χ2n) is 4.13. The summed E-state index contributed by atoms with van der Waals surface area (Å²) in [5.74, 6) is 0. The van der Waals surface area contributed by atoms with E-state index in [4.69, 9.17) is 0 Å². The predicted octanol–water partition coefficient (Wildman–Crippen LogP) is 4.36. The van der Waals surface area contributed by atoms with Crippen LogP contribution in [0, 0.1) is 13.8 Å². The van der Waals surface area contributed by atoms with Gasteiger partial charge < -0.3 is 5.32 Å². The predicted molar refractivity (Wildman–Crippen MR) is 65.5 cm³/mol. The Bertz CT molecular complexity index is 357. The zero-order valence-electron chi connectivity index (χ0n) is 10.3. The van der Waals surface area contributed by atoms with Gasteiger partial charge in [0.1, 0.15) is 0 Å². The number of halogens is 3. The summed E-state index contributed by atoms with van der Waals surface area (Å²) in [6.45, 7) is 6.53. The van der Waals surface area contributed by atoms with Crippen LogP contribution in [0.5, 0.6) is 0 Å². The highest BCUT2D eigenvalue weighted by molar-refractivity contribution is 7.12. The molecule has 0 spiro atoms. The highest BCUT2D eigenvalue weighted by atomic mass is 32.1. The first-order valence-corrected chi connectivity index (χ1v) is 6.52. The molecular formula is C12H18F3NS. The summed E-state index contributed by atoms with van der Waals surface area (Å²) in [5.41, 5.74) is 1.01. The second-order valence-corrected chi connectivity index (χ2v) is 5.59. The van der Waals surface area contributed by atoms with Gasteiger partial charge in [-0.05, 0) is 38.4 Å². The fraction of sp³-hybridized carbons (Fsp3) is 0.667. The van der Waals surface area contributed by atoms with Crippen LogP contribution in [0.15, 0.2) is 6.07 Å². The number of aryl methyl sites for hydroxylation is 2. The molecule has 0 saturated heterocycles. The van der Waals surface area contributed by atoms with Crippen LogP contribution in [0.3, 0.4) is 0 Å². The van der Waals surface area contributed by atoms with E-state index in [1.165, 1.54) is 0 Å². The molecule has 1 heterocycles. The van der Waals surface area contributed by atoms with Gasteiger partial charge in [-0.1, -0.05) is 6.92 Å². The maximum atomic E-state index is 12.3. The molecule has 1 N–H and O–H groups in total. The van der Waals surface area contributed by atoms with Gasteiger partial charge in [-0.2, -0.15) is 13.2 Å². The van der Waals surface area contributed by atoms with E-state index in [0.717, 1.165) is 15.3 Å². The van der Waals surface area contributed by atoms with Gasteiger partial charge in [-0.3, -0.25) is 0 Å². The van der Waals surface area contributed by atoms with E-state index in [0.29, 0.717) is 6.54 Å². The van der Waals surface area contributed by atoms with E-state index < -0.39 is 12.6 Å². The summed E-state index contributed by atoms with van der Waals surface area (Å²) in [4.78, 5) is 2.25. The van der Waals surface area contributed by atoms with Crippen molar-refractivity contribution in [3.05, 3.63) is 21.4 Å². The van der Waals surface area contributed by atoms with Gasteiger partial charge in [-0.25, -0.2) is 0 Å². The lowest BCUT2D eigenvalue weighted by Gasteiger charge is -2.19. The Balaban J connectivity index is 2.75. The smallest absolute Gasteiger partial charge is 0.310 e. The zero-order valence-corrected chi connectivity index (χ0v) is 11.1. The molecule has 1 aromatic rings. The summed E-state index contributed by atoms with van der Waals surface area (Å²) in [7, 11) is 0. The van der Waals surface area contributed by atoms with E-state index in [1.807, 2.05) is 26.8 Å². The fourth-order valence-corrected chi connectivity index (χ4v) is 2.91. The number of thiophene rings is 1. The maximum absolute atomic E-state index is 12.3. The van der Waals surface area contributed by atoms with E-state index in [2.05, 4.69) is 5.32 Å². The second kappa shape index (κ2) is 5.87. The summed E-state index contributed by atoms with van der Waals surface area (Å²) in [5, 5.41) is 3.13. The van der Waals surface area contributed by atoms with Gasteiger partial charge in [0.2, 0.25) is 0 Å².